The van der Waals surface area contributed by atoms with Gasteiger partial charge in [-0.15, -0.1) is 0 Å². The molecule has 172 valence electrons. The monoisotopic (exact) mass is 459 g/mol. The van der Waals surface area contributed by atoms with Crippen LogP contribution < -0.4 is 15.3 Å². The van der Waals surface area contributed by atoms with Crippen molar-refractivity contribution in [2.24, 2.45) is 11.8 Å². The molecule has 1 aromatic heterocycles. The number of hydrogen-bond acceptors (Lipinski definition) is 8. The van der Waals surface area contributed by atoms with E-state index in [1.807, 2.05) is 37.8 Å². The Morgan fingerprint density at radius 3 is 2.77 bits per heavy atom. The number of carbonyl (C=O) groups is 1. The van der Waals surface area contributed by atoms with Gasteiger partial charge in [0.1, 0.15) is 11.4 Å². The van der Waals surface area contributed by atoms with Crippen molar-refractivity contribution in [3.63, 3.8) is 0 Å². The number of nitrogens with two attached hydrogens (primary N) is 1. The number of nitrogens with one attached hydrogen (secondary N) is 1. The molecule has 0 aliphatic carbocycles. The number of aromatic nitrogens is 1. The smallest absolute Gasteiger partial charge is 0.410 e. The van der Waals surface area contributed by atoms with E-state index in [0.717, 1.165) is 50.4 Å². The number of carbonyl (C=O) groups excluding carboxylic acids is 1. The van der Waals surface area contributed by atoms with Gasteiger partial charge in [-0.05, 0) is 65.9 Å². The van der Waals surface area contributed by atoms with Gasteiger partial charge in [-0.3, -0.25) is 5.84 Å². The predicted octanol–water partition coefficient (Wildman–Crippen LogP) is 4.17. The maximum Gasteiger partial charge on any atom is 0.410 e. The summed E-state index contributed by atoms with van der Waals surface area (Å²) in [7, 11) is 1.70. The second kappa shape index (κ2) is 11.3. The average Bonchev–Trinajstić information content (AvgIpc) is 2.90. The molecule has 30 heavy (non-hydrogen) atoms. The fourth-order valence-electron chi connectivity index (χ4n) is 3.48. The number of nitrogens with zero attached hydrogens (tertiary/aromatic N) is 3. The Kier molecular flexibility index (Phi) is 10.1. The number of anilines is 1. The molecular formula is C20H37N5O3S2. The first kappa shape index (κ1) is 26.7. The highest BCUT2D eigenvalue weighted by atomic mass is 32.2. The van der Waals surface area contributed by atoms with Crippen LogP contribution >= 0.6 is 25.7 Å². The van der Waals surface area contributed by atoms with Crippen LogP contribution in [-0.4, -0.2) is 51.7 Å². The van der Waals surface area contributed by atoms with E-state index in [1.54, 1.807) is 13.1 Å². The van der Waals surface area contributed by atoms with E-state index in [2.05, 4.69) is 24.1 Å². The zero-order valence-electron chi connectivity index (χ0n) is 18.9. The van der Waals surface area contributed by atoms with Crippen molar-refractivity contribution in [1.82, 2.24) is 14.3 Å². The van der Waals surface area contributed by atoms with Crippen LogP contribution in [0.2, 0.25) is 0 Å². The fourth-order valence-corrected chi connectivity index (χ4v) is 3.77. The van der Waals surface area contributed by atoms with Crippen LogP contribution in [0.4, 0.5) is 10.6 Å². The molecule has 1 unspecified atom stereocenters. The van der Waals surface area contributed by atoms with Gasteiger partial charge in [0, 0.05) is 31.7 Å². The molecule has 1 saturated heterocycles. The van der Waals surface area contributed by atoms with E-state index >= 15 is 0 Å². The predicted molar refractivity (Wildman–Crippen MR) is 128 cm³/mol. The maximum atomic E-state index is 12.5. The molecule has 1 atom stereocenters. The number of rotatable bonds is 8. The van der Waals surface area contributed by atoms with Crippen LogP contribution in [-0.2, 0) is 4.74 Å². The molecule has 1 fully saturated rings. The van der Waals surface area contributed by atoms with Gasteiger partial charge in [0.05, 0.1) is 0 Å². The summed E-state index contributed by atoms with van der Waals surface area (Å²) in [6.07, 6.45) is 2.80. The normalized spacial score (nSPS) is 18.1. The Morgan fingerprint density at radius 2 is 2.13 bits per heavy atom. The van der Waals surface area contributed by atoms with Crippen LogP contribution in [0.3, 0.4) is 0 Å². The van der Waals surface area contributed by atoms with E-state index in [9.17, 15) is 4.79 Å². The van der Waals surface area contributed by atoms with Crippen molar-refractivity contribution in [1.29, 1.82) is 0 Å². The largest absolute Gasteiger partial charge is 0.444 e. The van der Waals surface area contributed by atoms with Crippen molar-refractivity contribution in [3.8, 4) is 5.88 Å². The van der Waals surface area contributed by atoms with E-state index in [1.165, 1.54) is 4.41 Å². The van der Waals surface area contributed by atoms with Crippen molar-refractivity contribution < 1.29 is 13.7 Å². The lowest BCUT2D eigenvalue weighted by atomic mass is 9.93. The summed E-state index contributed by atoms with van der Waals surface area (Å²) >= 11 is 1.02. The Labute approximate surface area is 192 Å². The Morgan fingerprint density at radius 1 is 1.43 bits per heavy atom. The van der Waals surface area contributed by atoms with Crippen molar-refractivity contribution in [3.05, 3.63) is 18.2 Å². The summed E-state index contributed by atoms with van der Waals surface area (Å²) in [6, 6.07) is 5.58. The van der Waals surface area contributed by atoms with E-state index < -0.39 is 5.60 Å². The van der Waals surface area contributed by atoms with Gasteiger partial charge in [0.15, 0.2) is 12.2 Å². The van der Waals surface area contributed by atoms with Gasteiger partial charge < -0.3 is 19.1 Å². The number of hydrogen-bond donors (Lipinski definition) is 2. The lowest BCUT2D eigenvalue weighted by Crippen LogP contribution is -2.45. The Balaban J connectivity index is 0.00000450. The van der Waals surface area contributed by atoms with Gasteiger partial charge in [0.25, 0.3) is 0 Å². The Hall–Kier alpha value is -1.36. The molecule has 10 heteroatoms. The number of likely N-dealkylation sites (tertiary alicyclic amines) is 1. The highest BCUT2D eigenvalue weighted by Crippen LogP contribution is 2.36. The van der Waals surface area contributed by atoms with Crippen LogP contribution in [0.25, 0.3) is 0 Å². The molecule has 8 nitrogen and oxygen atoms in total. The minimum atomic E-state index is -0.474. The van der Waals surface area contributed by atoms with Crippen molar-refractivity contribution in [2.45, 2.75) is 65.0 Å². The molecule has 1 aromatic rings. The summed E-state index contributed by atoms with van der Waals surface area (Å²) in [5, 5.41) is 3.33. The number of ether oxygens (including phenoxy) is 1. The minimum absolute atomic E-state index is 0. The van der Waals surface area contributed by atoms with Gasteiger partial charge in [-0.25, -0.2) is 4.79 Å². The third-order valence-corrected chi connectivity index (χ3v) is 5.11. The first-order valence-corrected chi connectivity index (χ1v) is 10.7. The van der Waals surface area contributed by atoms with Crippen molar-refractivity contribution >= 4 is 37.6 Å². The molecule has 0 spiro atoms. The second-order valence-corrected chi connectivity index (χ2v) is 10.00. The molecule has 1 amide bonds. The average molecular weight is 460 g/mol. The topological polar surface area (TPSA) is 93.0 Å². The quantitative estimate of drug-likeness (QED) is 0.197. The molecule has 0 saturated carbocycles. The fraction of sp³-hybridized carbons (Fsp3) is 0.700. The minimum Gasteiger partial charge on any atom is -0.444 e. The lowest BCUT2D eigenvalue weighted by molar-refractivity contribution is 0.0131. The first-order valence-electron chi connectivity index (χ1n) is 10.0. The molecule has 0 bridgehead atoms. The lowest BCUT2D eigenvalue weighted by Gasteiger charge is -2.33. The number of pyridine rings is 1. The summed E-state index contributed by atoms with van der Waals surface area (Å²) in [5.74, 6) is 7.25. The molecule has 2 heterocycles. The molecule has 0 aromatic carbocycles. The third-order valence-electron chi connectivity index (χ3n) is 4.63. The maximum absolute atomic E-state index is 12.5. The molecule has 3 N–H and O–H groups in total. The number of amides is 1. The summed E-state index contributed by atoms with van der Waals surface area (Å²) in [4.78, 5) is 18.8. The van der Waals surface area contributed by atoms with E-state index in [4.69, 9.17) is 14.8 Å². The van der Waals surface area contributed by atoms with Gasteiger partial charge in [-0.2, -0.15) is 22.9 Å². The van der Waals surface area contributed by atoms with Crippen molar-refractivity contribution in [2.75, 3.05) is 25.5 Å². The Bertz CT molecular complexity index is 683. The zero-order chi connectivity index (χ0) is 21.7. The number of hydrazine groups is 1. The van der Waals surface area contributed by atoms with Gasteiger partial charge in [-0.1, -0.05) is 6.07 Å². The van der Waals surface area contributed by atoms with Gasteiger partial charge in [0.2, 0.25) is 5.88 Å². The molecular weight excluding hydrogens is 422 g/mol. The van der Waals surface area contributed by atoms with E-state index in [0.29, 0.717) is 11.8 Å². The summed E-state index contributed by atoms with van der Waals surface area (Å²) in [6.45, 7) is 11.5. The second-order valence-electron chi connectivity index (χ2n) is 9.11. The third kappa shape index (κ3) is 8.79. The first-order chi connectivity index (χ1) is 13.5. The summed E-state index contributed by atoms with van der Waals surface area (Å²) in [5.41, 5.74) is -0.653. The van der Waals surface area contributed by atoms with Crippen LogP contribution in [0.5, 0.6) is 5.88 Å². The molecule has 2 rings (SSSR count). The standard InChI is InChI=1S/C20H35N5O3S.H2S/c1-19(2,3)27-18(26)25-14-15(13-20(25,4)5)9-8-12-22-16-10-7-11-17(23-16)28-29-24(6)21;/h7,10-11,15H,8-9,12-14,21H2,1-6H3,(H,22,23);1H2. The van der Waals surface area contributed by atoms with Crippen LogP contribution in [0.15, 0.2) is 18.2 Å². The van der Waals surface area contributed by atoms with Gasteiger partial charge >= 0.3 is 6.09 Å². The zero-order valence-corrected chi connectivity index (χ0v) is 20.7. The SMILES string of the molecule is CN(N)SOc1cccc(NCCCC2CN(C(=O)OC(C)(C)C)C(C)(C)C2)n1.S. The van der Waals surface area contributed by atoms with E-state index in [-0.39, 0.29) is 25.1 Å². The van der Waals surface area contributed by atoms with Crippen LogP contribution in [0, 0.1) is 5.92 Å². The highest BCUT2D eigenvalue weighted by molar-refractivity contribution is 7.92. The highest BCUT2D eigenvalue weighted by Gasteiger charge is 2.42. The molecule has 1 aliphatic heterocycles. The molecule has 1 aliphatic rings. The van der Waals surface area contributed by atoms with Crippen LogP contribution in [0.1, 0.15) is 53.9 Å². The molecule has 0 radical (unpaired) electrons. The summed E-state index contributed by atoms with van der Waals surface area (Å²) < 4.78 is 12.3.